The summed E-state index contributed by atoms with van der Waals surface area (Å²) in [6.07, 6.45) is 0.686. The lowest BCUT2D eigenvalue weighted by Crippen LogP contribution is -2.33. The van der Waals surface area contributed by atoms with E-state index in [4.69, 9.17) is 4.74 Å². The molecule has 0 bridgehead atoms. The fraction of sp³-hybridized carbons (Fsp3) is 0.353. The first-order valence-corrected chi connectivity index (χ1v) is 8.17. The Morgan fingerprint density at radius 3 is 2.92 bits per heavy atom. The number of anilines is 1. The first-order chi connectivity index (χ1) is 12.0. The second-order valence-corrected chi connectivity index (χ2v) is 5.87. The van der Waals surface area contributed by atoms with Crippen LogP contribution in [0, 0.1) is 0 Å². The van der Waals surface area contributed by atoms with Gasteiger partial charge in [0.2, 0.25) is 0 Å². The average molecular weight is 344 g/mol. The molecule has 1 fully saturated rings. The maximum atomic E-state index is 12.4. The van der Waals surface area contributed by atoms with E-state index in [0.717, 1.165) is 0 Å². The molecule has 0 aliphatic carbocycles. The Morgan fingerprint density at radius 1 is 1.32 bits per heavy atom. The van der Waals surface area contributed by atoms with Crippen LogP contribution in [-0.2, 0) is 0 Å². The number of urea groups is 1. The van der Waals surface area contributed by atoms with E-state index in [0.29, 0.717) is 43.2 Å². The molecule has 0 saturated carbocycles. The van der Waals surface area contributed by atoms with Gasteiger partial charge in [-0.2, -0.15) is 0 Å². The van der Waals surface area contributed by atoms with Gasteiger partial charge in [0.25, 0.3) is 5.56 Å². The Balaban J connectivity index is 1.65. The standard InChI is InChI=1S/C17H20N4O4/c1-2-25-13-5-3-4-12(8-13)18-17(24)21-7-6-11(10-21)14-9-15(22)20-16(23)19-14/h3-5,8-9,11H,2,6-7,10H2,1H3,(H,18,24)(H2,19,20,22,23). The monoisotopic (exact) mass is 344 g/mol. The molecule has 25 heavy (non-hydrogen) atoms. The van der Waals surface area contributed by atoms with E-state index in [1.165, 1.54) is 6.07 Å². The molecular weight excluding hydrogens is 324 g/mol. The van der Waals surface area contributed by atoms with Gasteiger partial charge in [0.15, 0.2) is 0 Å². The van der Waals surface area contributed by atoms with Crippen molar-refractivity contribution in [1.82, 2.24) is 14.9 Å². The lowest BCUT2D eigenvalue weighted by Gasteiger charge is -2.17. The third-order valence-corrected chi connectivity index (χ3v) is 4.09. The fourth-order valence-corrected chi connectivity index (χ4v) is 2.94. The summed E-state index contributed by atoms with van der Waals surface area (Å²) in [6.45, 7) is 3.45. The van der Waals surface area contributed by atoms with Gasteiger partial charge in [0.1, 0.15) is 5.75 Å². The van der Waals surface area contributed by atoms with Crippen molar-refractivity contribution in [3.63, 3.8) is 0 Å². The van der Waals surface area contributed by atoms with Crippen molar-refractivity contribution >= 4 is 11.7 Å². The van der Waals surface area contributed by atoms with Gasteiger partial charge >= 0.3 is 11.7 Å². The van der Waals surface area contributed by atoms with Gasteiger partial charge in [-0.1, -0.05) is 6.07 Å². The van der Waals surface area contributed by atoms with E-state index in [1.807, 2.05) is 19.1 Å². The zero-order chi connectivity index (χ0) is 17.8. The van der Waals surface area contributed by atoms with Crippen molar-refractivity contribution < 1.29 is 9.53 Å². The number of benzene rings is 1. The highest BCUT2D eigenvalue weighted by atomic mass is 16.5. The molecule has 132 valence electrons. The van der Waals surface area contributed by atoms with Crippen LogP contribution in [0.4, 0.5) is 10.5 Å². The first kappa shape index (κ1) is 16.8. The quantitative estimate of drug-likeness (QED) is 0.781. The number of nitrogens with zero attached hydrogens (tertiary/aromatic N) is 1. The van der Waals surface area contributed by atoms with Crippen molar-refractivity contribution in [1.29, 1.82) is 0 Å². The normalized spacial score (nSPS) is 16.7. The van der Waals surface area contributed by atoms with Crippen LogP contribution < -0.4 is 21.3 Å². The molecule has 8 nitrogen and oxygen atoms in total. The maximum absolute atomic E-state index is 12.4. The number of rotatable bonds is 4. The number of ether oxygens (including phenoxy) is 1. The van der Waals surface area contributed by atoms with Gasteiger partial charge in [-0.15, -0.1) is 0 Å². The Bertz CT molecular complexity index is 845. The number of H-pyrrole nitrogens is 2. The highest BCUT2D eigenvalue weighted by molar-refractivity contribution is 5.89. The molecule has 3 N–H and O–H groups in total. The molecule has 8 heteroatoms. The van der Waals surface area contributed by atoms with Gasteiger partial charge < -0.3 is 19.9 Å². The largest absolute Gasteiger partial charge is 0.494 e. The molecule has 2 amide bonds. The van der Waals surface area contributed by atoms with E-state index >= 15 is 0 Å². The van der Waals surface area contributed by atoms with Crippen LogP contribution in [0.25, 0.3) is 0 Å². The van der Waals surface area contributed by atoms with Crippen molar-refractivity contribution in [3.05, 3.63) is 56.9 Å². The average Bonchev–Trinajstić information content (AvgIpc) is 3.05. The number of aromatic nitrogens is 2. The summed E-state index contributed by atoms with van der Waals surface area (Å²) in [7, 11) is 0. The van der Waals surface area contributed by atoms with Crippen LogP contribution in [0.2, 0.25) is 0 Å². The van der Waals surface area contributed by atoms with Crippen molar-refractivity contribution in [2.75, 3.05) is 25.0 Å². The number of likely N-dealkylation sites (tertiary alicyclic amines) is 1. The second kappa shape index (κ2) is 7.25. The third-order valence-electron chi connectivity index (χ3n) is 4.09. The van der Waals surface area contributed by atoms with Gasteiger partial charge in [-0.25, -0.2) is 9.59 Å². The predicted octanol–water partition coefficient (Wildman–Crippen LogP) is 1.48. The van der Waals surface area contributed by atoms with Crippen molar-refractivity contribution in [2.24, 2.45) is 0 Å². The number of aromatic amines is 2. The molecule has 3 rings (SSSR count). The number of hydrogen-bond acceptors (Lipinski definition) is 4. The van der Waals surface area contributed by atoms with Crippen LogP contribution in [0.3, 0.4) is 0 Å². The molecule has 1 aliphatic rings. The topological polar surface area (TPSA) is 107 Å². The number of amides is 2. The molecule has 2 aromatic rings. The van der Waals surface area contributed by atoms with Crippen LogP contribution in [0.15, 0.2) is 39.9 Å². The Labute approximate surface area is 143 Å². The Kier molecular flexibility index (Phi) is 4.87. The van der Waals surface area contributed by atoms with Crippen molar-refractivity contribution in [2.45, 2.75) is 19.3 Å². The highest BCUT2D eigenvalue weighted by Gasteiger charge is 2.28. The number of nitrogens with one attached hydrogen (secondary N) is 3. The molecule has 0 radical (unpaired) electrons. The minimum absolute atomic E-state index is 0.0597. The van der Waals surface area contributed by atoms with Crippen LogP contribution in [0.5, 0.6) is 5.75 Å². The summed E-state index contributed by atoms with van der Waals surface area (Å²) in [6, 6.07) is 8.36. The van der Waals surface area contributed by atoms with E-state index < -0.39 is 11.2 Å². The summed E-state index contributed by atoms with van der Waals surface area (Å²) in [5.74, 6) is 0.635. The molecule has 1 unspecified atom stereocenters. The SMILES string of the molecule is CCOc1cccc(NC(=O)N2CCC(c3cc(=O)[nH]c(=O)[nH]3)C2)c1. The first-order valence-electron chi connectivity index (χ1n) is 8.17. The Hall–Kier alpha value is -3.03. The van der Waals surface area contributed by atoms with Crippen LogP contribution in [-0.4, -0.2) is 40.6 Å². The zero-order valence-electron chi connectivity index (χ0n) is 13.9. The van der Waals surface area contributed by atoms with Crippen LogP contribution >= 0.6 is 0 Å². The van der Waals surface area contributed by atoms with E-state index in [2.05, 4.69) is 15.3 Å². The lowest BCUT2D eigenvalue weighted by atomic mass is 10.1. The van der Waals surface area contributed by atoms with E-state index in [-0.39, 0.29) is 11.9 Å². The summed E-state index contributed by atoms with van der Waals surface area (Å²) < 4.78 is 5.42. The molecule has 1 saturated heterocycles. The number of hydrogen-bond donors (Lipinski definition) is 3. The minimum atomic E-state index is -0.529. The van der Waals surface area contributed by atoms with E-state index in [9.17, 15) is 14.4 Å². The smallest absolute Gasteiger partial charge is 0.325 e. The summed E-state index contributed by atoms with van der Waals surface area (Å²) in [5.41, 5.74) is 0.249. The molecule has 2 heterocycles. The summed E-state index contributed by atoms with van der Waals surface area (Å²) in [4.78, 5) is 41.7. The summed E-state index contributed by atoms with van der Waals surface area (Å²) >= 11 is 0. The fourth-order valence-electron chi connectivity index (χ4n) is 2.94. The third kappa shape index (κ3) is 4.09. The molecule has 1 aromatic carbocycles. The molecule has 1 aromatic heterocycles. The van der Waals surface area contributed by atoms with Gasteiger partial charge in [-0.3, -0.25) is 9.78 Å². The van der Waals surface area contributed by atoms with Gasteiger partial charge in [0, 0.05) is 42.5 Å². The van der Waals surface area contributed by atoms with Gasteiger partial charge in [0.05, 0.1) is 6.61 Å². The van der Waals surface area contributed by atoms with Crippen molar-refractivity contribution in [3.8, 4) is 5.75 Å². The van der Waals surface area contributed by atoms with E-state index in [1.54, 1.807) is 17.0 Å². The minimum Gasteiger partial charge on any atom is -0.494 e. The second-order valence-electron chi connectivity index (χ2n) is 5.87. The van der Waals surface area contributed by atoms with Gasteiger partial charge in [-0.05, 0) is 25.5 Å². The molecular formula is C17H20N4O4. The molecule has 0 spiro atoms. The van der Waals surface area contributed by atoms with Crippen LogP contribution in [0.1, 0.15) is 25.0 Å². The zero-order valence-corrected chi connectivity index (χ0v) is 13.9. The molecule has 1 aliphatic heterocycles. The Morgan fingerprint density at radius 2 is 2.16 bits per heavy atom. The predicted molar refractivity (Wildman–Crippen MR) is 93.2 cm³/mol. The number of carbonyl (C=O) groups is 1. The molecule has 1 atom stereocenters. The summed E-state index contributed by atoms with van der Waals surface area (Å²) in [5, 5.41) is 2.84. The maximum Gasteiger partial charge on any atom is 0.325 e. The number of carbonyl (C=O) groups excluding carboxylic acids is 1. The highest BCUT2D eigenvalue weighted by Crippen LogP contribution is 2.25. The lowest BCUT2D eigenvalue weighted by molar-refractivity contribution is 0.222.